The summed E-state index contributed by atoms with van der Waals surface area (Å²) >= 11 is 0. The molecule has 0 aromatic carbocycles. The quantitative estimate of drug-likeness (QED) is 0.157. The van der Waals surface area contributed by atoms with Crippen LogP contribution in [0.4, 0.5) is 0 Å². The van der Waals surface area contributed by atoms with Gasteiger partial charge in [-0.25, -0.2) is 29.4 Å². The van der Waals surface area contributed by atoms with Gasteiger partial charge in [-0.2, -0.15) is 0 Å². The number of piperazine rings is 2. The van der Waals surface area contributed by atoms with Gasteiger partial charge < -0.3 is 73.9 Å². The number of aromatic nitrogens is 2. The lowest BCUT2D eigenvalue weighted by Crippen LogP contribution is -3.00. The molecule has 6 heterocycles. The fourth-order valence-corrected chi connectivity index (χ4v) is 7.17. The Bertz CT molecular complexity index is 1120. The van der Waals surface area contributed by atoms with Gasteiger partial charge in [-0.05, 0) is 24.3 Å². The molecule has 0 unspecified atom stereocenters. The number of nitrogens with zero attached hydrogens (tertiary/aromatic N) is 6. The van der Waals surface area contributed by atoms with Crippen molar-refractivity contribution in [3.8, 4) is 0 Å². The molecule has 2 atom stereocenters. The molecule has 0 bridgehead atoms. The predicted molar refractivity (Wildman–Crippen MR) is 140 cm³/mol. The number of hydrogen-bond acceptors (Lipinski definition) is 8. The van der Waals surface area contributed by atoms with E-state index in [1.54, 1.807) is 12.1 Å². The predicted octanol–water partition coefficient (Wildman–Crippen LogP) is -7.77. The summed E-state index contributed by atoms with van der Waals surface area (Å²) in [6.45, 7) is 10.3. The molecule has 2 aromatic rings. The summed E-state index contributed by atoms with van der Waals surface area (Å²) in [5, 5.41) is 0. The van der Waals surface area contributed by atoms with E-state index in [0.29, 0.717) is 23.7 Å². The summed E-state index contributed by atoms with van der Waals surface area (Å²) in [5.74, 6) is -0.786. The number of quaternary nitrogens is 2. The van der Waals surface area contributed by atoms with Crippen LogP contribution in [0.3, 0.4) is 0 Å². The zero-order valence-electron chi connectivity index (χ0n) is 23.3. The minimum absolute atomic E-state index is 0. The Morgan fingerprint density at radius 1 is 0.707 bits per heavy atom. The number of ether oxygens (including phenoxy) is 2. The maximum absolute atomic E-state index is 12.1. The minimum Gasteiger partial charge on any atom is -1.00 e. The van der Waals surface area contributed by atoms with Crippen LogP contribution in [0.2, 0.25) is 0 Å². The first-order valence-corrected chi connectivity index (χ1v) is 12.8. The van der Waals surface area contributed by atoms with Crippen molar-refractivity contribution < 1.29 is 92.4 Å². The van der Waals surface area contributed by atoms with Gasteiger partial charge in [0.25, 0.3) is 0 Å². The van der Waals surface area contributed by atoms with Crippen molar-refractivity contribution in [2.75, 3.05) is 66.6 Å². The van der Waals surface area contributed by atoms with Crippen LogP contribution in [0.25, 0.3) is 0 Å². The number of pyridine rings is 2. The van der Waals surface area contributed by atoms with Crippen LogP contribution in [0.5, 0.6) is 0 Å². The molecule has 0 spiro atoms. The van der Waals surface area contributed by atoms with E-state index in [1.807, 2.05) is 24.3 Å². The molecule has 4 aliphatic rings. The number of carbonyl (C=O) groups excluding carboxylic acids is 2. The highest BCUT2D eigenvalue weighted by Gasteiger charge is 2.67. The molecule has 41 heavy (non-hydrogen) atoms. The van der Waals surface area contributed by atoms with Gasteiger partial charge in [0, 0.05) is 0 Å². The summed E-state index contributed by atoms with van der Waals surface area (Å²) in [7, 11) is 2.79. The first-order valence-electron chi connectivity index (χ1n) is 12.8. The van der Waals surface area contributed by atoms with Gasteiger partial charge in [-0.15, -0.1) is 0 Å². The third-order valence-corrected chi connectivity index (χ3v) is 8.82. The third kappa shape index (κ3) is 6.52. The first-order chi connectivity index (χ1) is 17.5. The van der Waals surface area contributed by atoms with Crippen LogP contribution in [0, 0.1) is 0 Å². The van der Waals surface area contributed by atoms with E-state index in [9.17, 15) is 9.59 Å². The monoisotopic (exact) mass is 802 g/mol. The van der Waals surface area contributed by atoms with Crippen LogP contribution >= 0.6 is 0 Å². The second-order valence-corrected chi connectivity index (χ2v) is 10.6. The maximum Gasteiger partial charge on any atom is 0.356 e. The molecule has 4 fully saturated rings. The number of halogens is 2. The molecule has 6 N–H and O–H groups in total. The summed E-state index contributed by atoms with van der Waals surface area (Å²) in [6, 6.07) is 11.3. The second-order valence-electron chi connectivity index (χ2n) is 10.6. The average molecular weight is 802 g/mol. The van der Waals surface area contributed by atoms with Crippen molar-refractivity contribution in [2.24, 2.45) is 0 Å². The Kier molecular flexibility index (Phi) is 13.5. The molecule has 0 amide bonds. The fraction of sp³-hybridized carbons (Fsp3) is 0.538. The van der Waals surface area contributed by atoms with E-state index in [2.05, 4.69) is 19.8 Å². The Labute approximate surface area is 273 Å². The lowest BCUT2D eigenvalue weighted by Gasteiger charge is -2.56. The molecule has 2 aromatic heterocycles. The number of rotatable bonds is 6. The van der Waals surface area contributed by atoms with E-state index in [1.165, 1.54) is 14.2 Å². The van der Waals surface area contributed by atoms with Crippen molar-refractivity contribution in [3.63, 3.8) is 0 Å². The van der Waals surface area contributed by atoms with Crippen molar-refractivity contribution >= 4 is 11.9 Å². The molecule has 0 saturated carbocycles. The van der Waals surface area contributed by atoms with Gasteiger partial charge in [0.1, 0.15) is 24.5 Å². The molecule has 230 valence electrons. The van der Waals surface area contributed by atoms with Crippen LogP contribution in [-0.2, 0) is 22.6 Å². The largest absolute Gasteiger partial charge is 1.00 e. The van der Waals surface area contributed by atoms with Gasteiger partial charge in [0.05, 0.1) is 78.0 Å². The zero-order valence-corrected chi connectivity index (χ0v) is 27.6. The standard InChI is InChI=1S/C26H34N6O4.2HI.3H2O/c1-35-25(33)21-7-3-5-19(27-21)17-31-13-9-29-12-16-32(14-10-30(11-15-31)24(32)23(29)31)18-20-6-4-8-22(28-20)26(34)36-2;;;;;/h3-8,23-24H,9-18H2,1-2H3;2*1H;3*1H2/q+2;;;;;/p-2/t23-,24-,31-,32-;;;;;/m0...../s1. The second kappa shape index (κ2) is 14.7. The summed E-state index contributed by atoms with van der Waals surface area (Å²) in [5.41, 5.74) is 2.63. The van der Waals surface area contributed by atoms with E-state index < -0.39 is 11.9 Å². The molecular formula is C26H40I2N6O7. The van der Waals surface area contributed by atoms with E-state index in [0.717, 1.165) is 85.8 Å². The van der Waals surface area contributed by atoms with Gasteiger partial charge in [0.15, 0.2) is 0 Å². The van der Waals surface area contributed by atoms with Crippen LogP contribution < -0.4 is 48.0 Å². The topological polar surface area (TPSA) is 179 Å². The minimum atomic E-state index is -0.393. The Hall–Kier alpha value is -1.58. The van der Waals surface area contributed by atoms with Gasteiger partial charge >= 0.3 is 11.9 Å². The summed E-state index contributed by atoms with van der Waals surface area (Å²) < 4.78 is 11.8. The zero-order chi connectivity index (χ0) is 24.9. The molecular weight excluding hydrogens is 762 g/mol. The van der Waals surface area contributed by atoms with Crippen molar-refractivity contribution in [2.45, 2.75) is 25.4 Å². The Balaban J connectivity index is 0.00000168. The van der Waals surface area contributed by atoms with Crippen molar-refractivity contribution in [1.29, 1.82) is 0 Å². The van der Waals surface area contributed by atoms with E-state index >= 15 is 0 Å². The van der Waals surface area contributed by atoms with E-state index in [4.69, 9.17) is 9.47 Å². The summed E-state index contributed by atoms with van der Waals surface area (Å²) in [6.07, 6.45) is 0.754. The summed E-state index contributed by atoms with van der Waals surface area (Å²) in [4.78, 5) is 38.9. The van der Waals surface area contributed by atoms with Gasteiger partial charge in [-0.1, -0.05) is 12.1 Å². The highest BCUT2D eigenvalue weighted by Crippen LogP contribution is 2.44. The molecule has 0 radical (unpaired) electrons. The lowest BCUT2D eigenvalue weighted by atomic mass is 10.0. The molecule has 15 heteroatoms. The number of methoxy groups -OCH3 is 2. The molecule has 13 nitrogen and oxygen atoms in total. The maximum atomic E-state index is 12.1. The third-order valence-electron chi connectivity index (χ3n) is 8.82. The highest BCUT2D eigenvalue weighted by atomic mass is 127. The lowest BCUT2D eigenvalue weighted by molar-refractivity contribution is -1.04. The van der Waals surface area contributed by atoms with Crippen molar-refractivity contribution in [1.82, 2.24) is 19.8 Å². The Morgan fingerprint density at radius 2 is 1.05 bits per heavy atom. The molecule has 0 aliphatic carbocycles. The fourth-order valence-electron chi connectivity index (χ4n) is 7.17. The van der Waals surface area contributed by atoms with Crippen LogP contribution in [0.1, 0.15) is 32.4 Å². The Morgan fingerprint density at radius 3 is 1.37 bits per heavy atom. The normalized spacial score (nSPS) is 27.4. The number of carbonyl (C=O) groups is 2. The van der Waals surface area contributed by atoms with Crippen LogP contribution in [0.15, 0.2) is 36.4 Å². The molecule has 4 saturated heterocycles. The molecule has 6 rings (SSSR count). The highest BCUT2D eigenvalue weighted by molar-refractivity contribution is 5.87. The van der Waals surface area contributed by atoms with Gasteiger partial charge in [-0.3, -0.25) is 8.97 Å². The average Bonchev–Trinajstić information content (AvgIpc) is 3.46. The van der Waals surface area contributed by atoms with Gasteiger partial charge in [0.2, 0.25) is 12.3 Å². The smallest absolute Gasteiger partial charge is 0.356 e. The van der Waals surface area contributed by atoms with Crippen molar-refractivity contribution in [3.05, 3.63) is 59.2 Å². The SMILES string of the molecule is COC(=O)c1cccc(C[N@+]23CCN4CC[N@+]5(Cc6cccc(C(=O)OC)n6)CCN(CC2)[C@@H]5[C@@H]43)n1.O.O.O.[I-].[I-]. The number of hydrogen-bond donors (Lipinski definition) is 0. The van der Waals surface area contributed by atoms with Crippen LogP contribution in [-0.4, -0.2) is 136 Å². The number of esters is 2. The van der Waals surface area contributed by atoms with E-state index in [-0.39, 0.29) is 64.4 Å². The molecule has 4 aliphatic heterocycles. The first kappa shape index (κ1) is 37.4.